The number of aromatic amines is 1. The number of H-pyrrole nitrogens is 1. The van der Waals surface area contributed by atoms with E-state index >= 15 is 0 Å². The van der Waals surface area contributed by atoms with Crippen LogP contribution < -0.4 is 5.56 Å². The zero-order valence-electron chi connectivity index (χ0n) is 9.28. The van der Waals surface area contributed by atoms with Crippen LogP contribution in [-0.2, 0) is 17.4 Å². The third-order valence-corrected chi connectivity index (χ3v) is 2.40. The number of rotatable bonds is 2. The first kappa shape index (κ1) is 13.1. The van der Waals surface area contributed by atoms with Crippen LogP contribution in [0.25, 0.3) is 10.9 Å². The van der Waals surface area contributed by atoms with Crippen LogP contribution in [0.4, 0.5) is 13.2 Å². The van der Waals surface area contributed by atoms with E-state index in [1.165, 1.54) is 0 Å². The SMILES string of the molecule is O=C(O)Cc1nc2cc(C(F)(F)F)ccc2c(=O)[nH]1. The van der Waals surface area contributed by atoms with Crippen molar-refractivity contribution >= 4 is 16.9 Å². The average molecular weight is 272 g/mol. The van der Waals surface area contributed by atoms with Crippen LogP contribution in [-0.4, -0.2) is 21.0 Å². The zero-order chi connectivity index (χ0) is 14.2. The Morgan fingerprint density at radius 1 is 1.37 bits per heavy atom. The van der Waals surface area contributed by atoms with Crippen LogP contribution in [0.15, 0.2) is 23.0 Å². The molecule has 2 aromatic rings. The number of carboxylic acid groups (broad SMARTS) is 1. The molecule has 0 spiro atoms. The standard InChI is InChI=1S/C11H7F3N2O3/c12-11(13,14)5-1-2-6-7(3-5)15-8(4-9(17)18)16-10(6)19/h1-3H,4H2,(H,17,18)(H,15,16,19). The fourth-order valence-corrected chi connectivity index (χ4v) is 1.59. The van der Waals surface area contributed by atoms with E-state index in [0.29, 0.717) is 0 Å². The summed E-state index contributed by atoms with van der Waals surface area (Å²) < 4.78 is 37.6. The first-order valence-corrected chi connectivity index (χ1v) is 5.09. The molecule has 100 valence electrons. The largest absolute Gasteiger partial charge is 0.481 e. The van der Waals surface area contributed by atoms with Gasteiger partial charge in [-0.15, -0.1) is 0 Å². The molecule has 0 aliphatic heterocycles. The Hall–Kier alpha value is -2.38. The highest BCUT2D eigenvalue weighted by atomic mass is 19.4. The van der Waals surface area contributed by atoms with Gasteiger partial charge in [0, 0.05) is 0 Å². The van der Waals surface area contributed by atoms with Crippen molar-refractivity contribution in [2.24, 2.45) is 0 Å². The van der Waals surface area contributed by atoms with Gasteiger partial charge in [0.25, 0.3) is 5.56 Å². The van der Waals surface area contributed by atoms with Crippen molar-refractivity contribution in [1.29, 1.82) is 0 Å². The minimum Gasteiger partial charge on any atom is -0.481 e. The molecular weight excluding hydrogens is 265 g/mol. The molecule has 0 aliphatic rings. The summed E-state index contributed by atoms with van der Waals surface area (Å²) in [6.07, 6.45) is -5.12. The topological polar surface area (TPSA) is 83.0 Å². The molecular formula is C11H7F3N2O3. The van der Waals surface area contributed by atoms with Crippen molar-refractivity contribution in [2.45, 2.75) is 12.6 Å². The number of alkyl halides is 3. The maximum atomic E-state index is 12.5. The molecule has 0 aliphatic carbocycles. The normalized spacial score (nSPS) is 11.7. The van der Waals surface area contributed by atoms with Gasteiger partial charge in [0.2, 0.25) is 0 Å². The average Bonchev–Trinajstić information content (AvgIpc) is 2.26. The Labute approximate surface area is 103 Å². The van der Waals surface area contributed by atoms with Crippen molar-refractivity contribution in [3.63, 3.8) is 0 Å². The van der Waals surface area contributed by atoms with Crippen molar-refractivity contribution in [3.8, 4) is 0 Å². The molecule has 0 radical (unpaired) electrons. The highest BCUT2D eigenvalue weighted by molar-refractivity contribution is 5.79. The van der Waals surface area contributed by atoms with E-state index in [0.717, 1.165) is 18.2 Å². The lowest BCUT2D eigenvalue weighted by Crippen LogP contribution is -2.15. The number of aromatic nitrogens is 2. The van der Waals surface area contributed by atoms with Crippen molar-refractivity contribution in [2.75, 3.05) is 0 Å². The third kappa shape index (κ3) is 2.72. The molecule has 0 unspecified atom stereocenters. The lowest BCUT2D eigenvalue weighted by Gasteiger charge is -2.07. The van der Waals surface area contributed by atoms with E-state index in [1.807, 2.05) is 0 Å². The number of nitrogens with one attached hydrogen (secondary N) is 1. The van der Waals surface area contributed by atoms with Crippen molar-refractivity contribution in [3.05, 3.63) is 39.9 Å². The van der Waals surface area contributed by atoms with Gasteiger partial charge in [-0.05, 0) is 18.2 Å². The minimum absolute atomic E-state index is 0.0258. The number of hydrogen-bond acceptors (Lipinski definition) is 3. The number of benzene rings is 1. The van der Waals surface area contributed by atoms with Gasteiger partial charge in [0.15, 0.2) is 0 Å². The minimum atomic E-state index is -4.55. The lowest BCUT2D eigenvalue weighted by atomic mass is 10.1. The molecule has 1 heterocycles. The Bertz CT molecular complexity index is 706. The monoisotopic (exact) mass is 272 g/mol. The summed E-state index contributed by atoms with van der Waals surface area (Å²) in [7, 11) is 0. The summed E-state index contributed by atoms with van der Waals surface area (Å²) in [6.45, 7) is 0. The van der Waals surface area contributed by atoms with Gasteiger partial charge in [-0.3, -0.25) is 9.59 Å². The molecule has 0 saturated heterocycles. The van der Waals surface area contributed by atoms with Crippen LogP contribution in [0, 0.1) is 0 Å². The highest BCUT2D eigenvalue weighted by Crippen LogP contribution is 2.30. The van der Waals surface area contributed by atoms with Crippen LogP contribution in [0.1, 0.15) is 11.4 Å². The molecule has 1 aromatic carbocycles. The van der Waals surface area contributed by atoms with E-state index in [-0.39, 0.29) is 16.7 Å². The fourth-order valence-electron chi connectivity index (χ4n) is 1.59. The molecule has 2 N–H and O–H groups in total. The van der Waals surface area contributed by atoms with Crippen LogP contribution >= 0.6 is 0 Å². The summed E-state index contributed by atoms with van der Waals surface area (Å²) in [6, 6.07) is 2.50. The van der Waals surface area contributed by atoms with E-state index in [2.05, 4.69) is 9.97 Å². The van der Waals surface area contributed by atoms with Crippen LogP contribution in [0.5, 0.6) is 0 Å². The second-order valence-corrected chi connectivity index (χ2v) is 3.81. The molecule has 8 heteroatoms. The number of nitrogens with zero attached hydrogens (tertiary/aromatic N) is 1. The predicted molar refractivity (Wildman–Crippen MR) is 58.7 cm³/mol. The van der Waals surface area contributed by atoms with Gasteiger partial charge in [-0.1, -0.05) is 0 Å². The van der Waals surface area contributed by atoms with Crippen molar-refractivity contribution in [1.82, 2.24) is 9.97 Å². The summed E-state index contributed by atoms with van der Waals surface area (Å²) >= 11 is 0. The smallest absolute Gasteiger partial charge is 0.416 e. The second kappa shape index (κ2) is 4.38. The summed E-state index contributed by atoms with van der Waals surface area (Å²) in [5, 5.41) is 8.55. The Kier molecular flexibility index (Phi) is 3.01. The molecule has 2 rings (SSSR count). The maximum absolute atomic E-state index is 12.5. The number of carbonyl (C=O) groups is 1. The molecule has 19 heavy (non-hydrogen) atoms. The number of aliphatic carboxylic acids is 1. The molecule has 5 nitrogen and oxygen atoms in total. The summed E-state index contributed by atoms with van der Waals surface area (Å²) in [4.78, 5) is 28.0. The number of fused-ring (bicyclic) bond motifs is 1. The second-order valence-electron chi connectivity index (χ2n) is 3.81. The van der Waals surface area contributed by atoms with E-state index in [9.17, 15) is 22.8 Å². The third-order valence-electron chi connectivity index (χ3n) is 2.40. The first-order valence-electron chi connectivity index (χ1n) is 5.09. The summed E-state index contributed by atoms with van der Waals surface area (Å²) in [5.41, 5.74) is -1.80. The summed E-state index contributed by atoms with van der Waals surface area (Å²) in [5.74, 6) is -1.43. The van der Waals surface area contributed by atoms with Gasteiger partial charge in [0.05, 0.1) is 16.5 Å². The number of hydrogen-bond donors (Lipinski definition) is 2. The number of carboxylic acids is 1. The van der Waals surface area contributed by atoms with Crippen LogP contribution in [0.3, 0.4) is 0 Å². The molecule has 0 saturated carbocycles. The van der Waals surface area contributed by atoms with E-state index < -0.39 is 29.7 Å². The maximum Gasteiger partial charge on any atom is 0.416 e. The fraction of sp³-hybridized carbons (Fsp3) is 0.182. The van der Waals surface area contributed by atoms with Gasteiger partial charge < -0.3 is 10.1 Å². The highest BCUT2D eigenvalue weighted by Gasteiger charge is 2.30. The van der Waals surface area contributed by atoms with Gasteiger partial charge in [-0.25, -0.2) is 4.98 Å². The Morgan fingerprint density at radius 3 is 2.63 bits per heavy atom. The molecule has 0 fully saturated rings. The first-order chi connectivity index (χ1) is 8.77. The molecule has 0 atom stereocenters. The number of halogens is 3. The lowest BCUT2D eigenvalue weighted by molar-refractivity contribution is -0.138. The molecule has 0 amide bonds. The Balaban J connectivity index is 2.63. The van der Waals surface area contributed by atoms with Gasteiger partial charge >= 0.3 is 12.1 Å². The van der Waals surface area contributed by atoms with E-state index in [4.69, 9.17) is 5.11 Å². The molecule has 1 aromatic heterocycles. The van der Waals surface area contributed by atoms with Crippen molar-refractivity contribution < 1.29 is 23.1 Å². The predicted octanol–water partition coefficient (Wildman–Crippen LogP) is 1.57. The Morgan fingerprint density at radius 2 is 2.05 bits per heavy atom. The quantitative estimate of drug-likeness (QED) is 0.869. The molecule has 0 bridgehead atoms. The zero-order valence-corrected chi connectivity index (χ0v) is 9.28. The van der Waals surface area contributed by atoms with Gasteiger partial charge in [0.1, 0.15) is 12.2 Å². The van der Waals surface area contributed by atoms with Crippen LogP contribution in [0.2, 0.25) is 0 Å². The van der Waals surface area contributed by atoms with E-state index in [1.54, 1.807) is 0 Å². The van der Waals surface area contributed by atoms with Gasteiger partial charge in [-0.2, -0.15) is 13.2 Å².